The molecule has 0 aliphatic heterocycles. The summed E-state index contributed by atoms with van der Waals surface area (Å²) in [6.07, 6.45) is 0.892. The molecule has 3 aliphatic carbocycles. The molecule has 6 N–H and O–H groups in total. The van der Waals surface area contributed by atoms with Crippen molar-refractivity contribution in [2.45, 2.75) is 37.3 Å². The number of carbonyl (C=O) groups excluding carboxylic acids is 3. The van der Waals surface area contributed by atoms with Gasteiger partial charge >= 0.3 is 0 Å². The molecule has 0 spiro atoms. The second-order valence-corrected chi connectivity index (χ2v) is 13.1. The molecular formula is C31H33FIN3O7. The Morgan fingerprint density at radius 3 is 2.35 bits per heavy atom. The first kappa shape index (κ1) is 31.0. The van der Waals surface area contributed by atoms with Crippen molar-refractivity contribution in [3.63, 3.8) is 0 Å². The lowest BCUT2D eigenvalue weighted by atomic mass is 9.57. The number of benzene rings is 2. The average Bonchev–Trinajstić information content (AvgIpc) is 2.89. The molecule has 0 unspecified atom stereocenters. The van der Waals surface area contributed by atoms with Gasteiger partial charge in [0.15, 0.2) is 11.4 Å². The smallest absolute Gasteiger partial charge is 0.255 e. The van der Waals surface area contributed by atoms with Gasteiger partial charge in [0.05, 0.1) is 11.6 Å². The molecule has 2 aromatic carbocycles. The van der Waals surface area contributed by atoms with E-state index in [2.05, 4.69) is 0 Å². The Morgan fingerprint density at radius 2 is 1.77 bits per heavy atom. The van der Waals surface area contributed by atoms with Crippen LogP contribution < -0.4 is 10.6 Å². The van der Waals surface area contributed by atoms with Crippen LogP contribution in [0.4, 0.5) is 10.1 Å². The number of amides is 1. The van der Waals surface area contributed by atoms with Crippen LogP contribution in [0.1, 0.15) is 28.7 Å². The van der Waals surface area contributed by atoms with Crippen LogP contribution in [0.15, 0.2) is 41.2 Å². The summed E-state index contributed by atoms with van der Waals surface area (Å²) in [7, 11) is 6.73. The number of nitrogens with two attached hydrogens (primary N) is 1. The van der Waals surface area contributed by atoms with Crippen LogP contribution in [-0.4, -0.2) is 82.6 Å². The third-order valence-electron chi connectivity index (χ3n) is 8.86. The van der Waals surface area contributed by atoms with Crippen LogP contribution in [0, 0.1) is 21.2 Å². The summed E-state index contributed by atoms with van der Waals surface area (Å²) in [6.45, 7) is 0. The van der Waals surface area contributed by atoms with Crippen molar-refractivity contribution in [3.05, 3.63) is 72.8 Å². The Bertz CT molecular complexity index is 1630. The quantitative estimate of drug-likeness (QED) is 0.225. The first-order valence-electron chi connectivity index (χ1n) is 13.7. The van der Waals surface area contributed by atoms with Crippen molar-refractivity contribution in [1.82, 2.24) is 4.90 Å². The van der Waals surface area contributed by atoms with Crippen LogP contribution in [0.25, 0.3) is 5.76 Å². The summed E-state index contributed by atoms with van der Waals surface area (Å²) in [6, 6.07) is 5.32. The molecule has 12 heteroatoms. The van der Waals surface area contributed by atoms with E-state index in [1.807, 2.05) is 47.7 Å². The minimum absolute atomic E-state index is 0.0132. The van der Waals surface area contributed by atoms with E-state index < -0.39 is 58.0 Å². The van der Waals surface area contributed by atoms with E-state index in [9.17, 15) is 39.2 Å². The van der Waals surface area contributed by atoms with Crippen molar-refractivity contribution >= 4 is 51.5 Å². The van der Waals surface area contributed by atoms with Gasteiger partial charge in [-0.05, 0) is 109 Å². The number of ketones is 2. The lowest BCUT2D eigenvalue weighted by molar-refractivity contribution is -0.153. The van der Waals surface area contributed by atoms with Gasteiger partial charge in [-0.3, -0.25) is 19.3 Å². The highest BCUT2D eigenvalue weighted by Gasteiger charge is 2.64. The fourth-order valence-electron chi connectivity index (χ4n) is 6.97. The average molecular weight is 706 g/mol. The number of aryl methyl sites for hydroxylation is 2. The number of fused-ring (bicyclic) bond motifs is 3. The van der Waals surface area contributed by atoms with Gasteiger partial charge in [-0.25, -0.2) is 4.39 Å². The number of Topliss-reactive ketones (excluding diaryl/α,β-unsaturated/α-hetero) is 2. The molecule has 2 aromatic rings. The summed E-state index contributed by atoms with van der Waals surface area (Å²) in [5.74, 6) is -7.23. The SMILES string of the molecule is CN(C)c1cc(CCc2cc(F)cc(I)c2)c(O)c2c1C[C@H]1C[C@H]3[C@H](N(C)C)C(=O)C(C(N)=O)=C(O)[C@@]3(O)C(=O)C1=C2O. The predicted octanol–water partition coefficient (Wildman–Crippen LogP) is 2.56. The Labute approximate surface area is 261 Å². The van der Waals surface area contributed by atoms with Gasteiger partial charge in [-0.2, -0.15) is 0 Å². The maximum Gasteiger partial charge on any atom is 0.255 e. The standard InChI is InChI=1S/C31H33FIN3O7/c1-35(2)20-11-14(6-5-13-7-16(32)12-17(33)8-13)25(37)22-18(20)9-15-10-19-24(36(3)4)27(39)23(30(34)42)29(41)31(19,43)28(40)21(15)26(22)38/h7-8,11-12,15,19,24,37-38,41,43H,5-6,9-10H2,1-4H3,(H2,34,42)/t15-,19-,24-,31-/m0/s1. The third-order valence-corrected chi connectivity index (χ3v) is 9.49. The van der Waals surface area contributed by atoms with E-state index in [0.717, 1.165) is 9.13 Å². The van der Waals surface area contributed by atoms with E-state index in [-0.39, 0.29) is 35.5 Å². The number of aliphatic hydroxyl groups excluding tert-OH is 2. The zero-order valence-corrected chi connectivity index (χ0v) is 26.3. The van der Waals surface area contributed by atoms with Gasteiger partial charge in [-0.15, -0.1) is 0 Å². The summed E-state index contributed by atoms with van der Waals surface area (Å²) in [5.41, 5.74) is 4.12. The highest BCUT2D eigenvalue weighted by Crippen LogP contribution is 2.54. The van der Waals surface area contributed by atoms with Crippen molar-refractivity contribution in [2.24, 2.45) is 17.6 Å². The van der Waals surface area contributed by atoms with Gasteiger partial charge < -0.3 is 31.1 Å². The van der Waals surface area contributed by atoms with Gasteiger partial charge in [0.2, 0.25) is 5.78 Å². The van der Waals surface area contributed by atoms with Gasteiger partial charge in [0, 0.05) is 34.8 Å². The number of aromatic hydroxyl groups is 1. The Balaban J connectivity index is 1.66. The highest BCUT2D eigenvalue weighted by atomic mass is 127. The predicted molar refractivity (Wildman–Crippen MR) is 165 cm³/mol. The Kier molecular flexibility index (Phi) is 7.84. The van der Waals surface area contributed by atoms with Crippen molar-refractivity contribution in [3.8, 4) is 5.75 Å². The molecular weight excluding hydrogens is 672 g/mol. The number of anilines is 1. The minimum atomic E-state index is -2.70. The number of phenolic OH excluding ortho intramolecular Hbond substituents is 1. The number of aliphatic hydroxyl groups is 3. The molecule has 10 nitrogen and oxygen atoms in total. The second-order valence-electron chi connectivity index (χ2n) is 11.9. The molecule has 0 aromatic heterocycles. The minimum Gasteiger partial charge on any atom is -0.508 e. The van der Waals surface area contributed by atoms with Crippen LogP contribution in [0.2, 0.25) is 0 Å². The molecule has 1 amide bonds. The first-order valence-corrected chi connectivity index (χ1v) is 14.8. The van der Waals surface area contributed by atoms with E-state index in [4.69, 9.17) is 5.73 Å². The number of halogens is 2. The molecule has 1 saturated carbocycles. The van der Waals surface area contributed by atoms with Crippen molar-refractivity contribution in [1.29, 1.82) is 0 Å². The van der Waals surface area contributed by atoms with Crippen LogP contribution in [-0.2, 0) is 33.6 Å². The monoisotopic (exact) mass is 705 g/mol. The lowest BCUT2D eigenvalue weighted by Crippen LogP contribution is -2.65. The fraction of sp³-hybridized carbons (Fsp3) is 0.387. The molecule has 3 aliphatic rings. The third kappa shape index (κ3) is 4.79. The Hall–Kier alpha value is -3.49. The fourth-order valence-corrected chi connectivity index (χ4v) is 7.67. The van der Waals surface area contributed by atoms with E-state index in [1.165, 1.54) is 17.0 Å². The largest absolute Gasteiger partial charge is 0.508 e. The summed E-state index contributed by atoms with van der Waals surface area (Å²) < 4.78 is 14.7. The van der Waals surface area contributed by atoms with Gasteiger partial charge in [-0.1, -0.05) is 0 Å². The number of phenols is 1. The highest BCUT2D eigenvalue weighted by molar-refractivity contribution is 14.1. The van der Waals surface area contributed by atoms with Crippen LogP contribution in [0.3, 0.4) is 0 Å². The molecule has 0 saturated heterocycles. The molecule has 43 heavy (non-hydrogen) atoms. The molecule has 5 rings (SSSR count). The summed E-state index contributed by atoms with van der Waals surface area (Å²) in [5, 5.41) is 45.9. The zero-order chi connectivity index (χ0) is 31.7. The van der Waals surface area contributed by atoms with Crippen molar-refractivity contribution < 1.29 is 39.2 Å². The van der Waals surface area contributed by atoms with Crippen LogP contribution in [0.5, 0.6) is 5.75 Å². The topological polar surface area (TPSA) is 165 Å². The van der Waals surface area contributed by atoms with Gasteiger partial charge in [0.25, 0.3) is 5.91 Å². The maximum atomic E-state index is 14.1. The second kappa shape index (κ2) is 10.9. The number of carbonyl (C=O) groups is 3. The molecule has 1 fully saturated rings. The Morgan fingerprint density at radius 1 is 1.09 bits per heavy atom. The lowest BCUT2D eigenvalue weighted by Gasteiger charge is -2.50. The summed E-state index contributed by atoms with van der Waals surface area (Å²) in [4.78, 5) is 42.9. The molecule has 228 valence electrons. The summed E-state index contributed by atoms with van der Waals surface area (Å²) >= 11 is 2.03. The van der Waals surface area contributed by atoms with E-state index in [0.29, 0.717) is 29.7 Å². The number of nitrogens with zero attached hydrogens (tertiary/aromatic N) is 2. The van der Waals surface area contributed by atoms with E-state index >= 15 is 0 Å². The number of likely N-dealkylation sites (N-methyl/N-ethyl adjacent to an activating group) is 1. The van der Waals surface area contributed by atoms with E-state index in [1.54, 1.807) is 20.2 Å². The molecule has 0 radical (unpaired) electrons. The molecule has 0 bridgehead atoms. The first-order chi connectivity index (χ1) is 20.1. The van der Waals surface area contributed by atoms with Crippen molar-refractivity contribution in [2.75, 3.05) is 33.1 Å². The normalized spacial score (nSPS) is 25.1. The number of hydrogen-bond donors (Lipinski definition) is 5. The maximum absolute atomic E-state index is 14.1. The molecule has 4 atom stereocenters. The molecule has 0 heterocycles. The number of hydrogen-bond acceptors (Lipinski definition) is 9. The number of rotatable bonds is 6. The van der Waals surface area contributed by atoms with Crippen LogP contribution >= 0.6 is 22.6 Å². The van der Waals surface area contributed by atoms with Gasteiger partial charge in [0.1, 0.15) is 28.7 Å². The zero-order valence-electron chi connectivity index (χ0n) is 24.1. The number of primary amides is 1.